The van der Waals surface area contributed by atoms with Crippen molar-refractivity contribution in [2.24, 2.45) is 0 Å². The van der Waals surface area contributed by atoms with Gasteiger partial charge in [0.25, 0.3) is 0 Å². The van der Waals surface area contributed by atoms with Crippen LogP contribution in [-0.4, -0.2) is 29.9 Å². The molecular weight excluding hydrogens is 324 g/mol. The summed E-state index contributed by atoms with van der Waals surface area (Å²) >= 11 is 0. The number of anilines is 1. The lowest BCUT2D eigenvalue weighted by atomic mass is 10.0. The van der Waals surface area contributed by atoms with Gasteiger partial charge in [0.15, 0.2) is 5.69 Å². The standard InChI is InChI=1S/C21H20N4O/c1-3-25(15-9-10-15)21-17-11-8-14(12-18(17)23-24-19(21)13-22)16-6-4-5-7-20(16)26-2/h4-8,11-12,15H,3,9-10H2,1-2H3. The van der Waals surface area contributed by atoms with E-state index in [2.05, 4.69) is 34.2 Å². The molecule has 5 nitrogen and oxygen atoms in total. The maximum atomic E-state index is 9.53. The summed E-state index contributed by atoms with van der Waals surface area (Å²) in [4.78, 5) is 2.29. The maximum Gasteiger partial charge on any atom is 0.187 e. The molecule has 0 bridgehead atoms. The molecule has 130 valence electrons. The molecule has 0 aliphatic heterocycles. The molecule has 0 spiro atoms. The number of hydrogen-bond acceptors (Lipinski definition) is 5. The number of benzene rings is 2. The molecule has 1 aliphatic rings. The van der Waals surface area contributed by atoms with Gasteiger partial charge in [0.1, 0.15) is 11.8 Å². The molecule has 5 heteroatoms. The summed E-state index contributed by atoms with van der Waals surface area (Å²) in [6, 6.07) is 16.8. The molecule has 1 fully saturated rings. The largest absolute Gasteiger partial charge is 0.496 e. The Hall–Kier alpha value is -3.13. The predicted octanol–water partition coefficient (Wildman–Crippen LogP) is 4.17. The Balaban J connectivity index is 1.89. The molecule has 26 heavy (non-hydrogen) atoms. The van der Waals surface area contributed by atoms with Crippen LogP contribution < -0.4 is 9.64 Å². The van der Waals surface area contributed by atoms with Crippen molar-refractivity contribution in [2.75, 3.05) is 18.6 Å². The van der Waals surface area contributed by atoms with Crippen LogP contribution in [0.2, 0.25) is 0 Å². The van der Waals surface area contributed by atoms with Gasteiger partial charge in [0.2, 0.25) is 0 Å². The van der Waals surface area contributed by atoms with E-state index in [1.165, 1.54) is 12.8 Å². The fourth-order valence-electron chi connectivity index (χ4n) is 3.50. The molecule has 0 N–H and O–H groups in total. The van der Waals surface area contributed by atoms with Crippen LogP contribution in [0, 0.1) is 11.3 Å². The van der Waals surface area contributed by atoms with Crippen molar-refractivity contribution in [1.29, 1.82) is 5.26 Å². The summed E-state index contributed by atoms with van der Waals surface area (Å²) in [6.45, 7) is 2.98. The third-order valence-electron chi connectivity index (χ3n) is 4.87. The second kappa shape index (κ2) is 6.64. The Morgan fingerprint density at radius 1 is 1.19 bits per heavy atom. The van der Waals surface area contributed by atoms with Crippen molar-refractivity contribution in [1.82, 2.24) is 10.2 Å². The summed E-state index contributed by atoms with van der Waals surface area (Å²) in [5, 5.41) is 19.0. The van der Waals surface area contributed by atoms with Gasteiger partial charge < -0.3 is 9.64 Å². The third-order valence-corrected chi connectivity index (χ3v) is 4.87. The maximum absolute atomic E-state index is 9.53. The number of fused-ring (bicyclic) bond motifs is 1. The third kappa shape index (κ3) is 2.74. The van der Waals surface area contributed by atoms with E-state index >= 15 is 0 Å². The predicted molar refractivity (Wildman–Crippen MR) is 102 cm³/mol. The highest BCUT2D eigenvalue weighted by molar-refractivity contribution is 5.96. The van der Waals surface area contributed by atoms with Gasteiger partial charge in [-0.25, -0.2) is 0 Å². The zero-order valence-electron chi connectivity index (χ0n) is 14.9. The molecule has 0 unspecified atom stereocenters. The Morgan fingerprint density at radius 2 is 2.00 bits per heavy atom. The van der Waals surface area contributed by atoms with Gasteiger partial charge in [-0.05, 0) is 43.5 Å². The van der Waals surface area contributed by atoms with E-state index in [0.717, 1.165) is 40.0 Å². The first-order chi connectivity index (χ1) is 12.8. The van der Waals surface area contributed by atoms with E-state index in [9.17, 15) is 5.26 Å². The van der Waals surface area contributed by atoms with Crippen LogP contribution in [0.15, 0.2) is 42.5 Å². The fourth-order valence-corrected chi connectivity index (χ4v) is 3.50. The van der Waals surface area contributed by atoms with Crippen molar-refractivity contribution in [3.63, 3.8) is 0 Å². The van der Waals surface area contributed by atoms with Gasteiger partial charge >= 0.3 is 0 Å². The molecule has 1 heterocycles. The second-order valence-corrected chi connectivity index (χ2v) is 6.46. The number of hydrogen-bond donors (Lipinski definition) is 0. The van der Waals surface area contributed by atoms with Gasteiger partial charge in [-0.1, -0.05) is 24.3 Å². The molecule has 1 aliphatic carbocycles. The average molecular weight is 344 g/mol. The molecule has 3 aromatic rings. The van der Waals surface area contributed by atoms with Crippen LogP contribution in [0.25, 0.3) is 22.0 Å². The van der Waals surface area contributed by atoms with E-state index in [1.54, 1.807) is 7.11 Å². The summed E-state index contributed by atoms with van der Waals surface area (Å²) in [5.41, 5.74) is 4.14. The monoisotopic (exact) mass is 344 g/mol. The van der Waals surface area contributed by atoms with E-state index < -0.39 is 0 Å². The van der Waals surface area contributed by atoms with Crippen molar-refractivity contribution >= 4 is 16.6 Å². The van der Waals surface area contributed by atoms with Gasteiger partial charge in [0, 0.05) is 23.5 Å². The minimum absolute atomic E-state index is 0.399. The molecule has 4 rings (SSSR count). The van der Waals surface area contributed by atoms with Gasteiger partial charge in [-0.2, -0.15) is 5.26 Å². The molecule has 0 atom stereocenters. The fraction of sp³-hybridized carbons (Fsp3) is 0.286. The van der Waals surface area contributed by atoms with Crippen LogP contribution in [0.4, 0.5) is 5.69 Å². The van der Waals surface area contributed by atoms with Crippen LogP contribution in [-0.2, 0) is 0 Å². The average Bonchev–Trinajstić information content (AvgIpc) is 3.53. The van der Waals surface area contributed by atoms with E-state index in [4.69, 9.17) is 4.74 Å². The minimum atomic E-state index is 0.399. The number of ether oxygens (including phenoxy) is 1. The highest BCUT2D eigenvalue weighted by atomic mass is 16.5. The van der Waals surface area contributed by atoms with E-state index in [1.807, 2.05) is 36.4 Å². The first-order valence-corrected chi connectivity index (χ1v) is 8.87. The van der Waals surface area contributed by atoms with E-state index in [0.29, 0.717) is 11.7 Å². The van der Waals surface area contributed by atoms with Crippen molar-refractivity contribution in [3.05, 3.63) is 48.2 Å². The Kier molecular flexibility index (Phi) is 4.18. The molecular formula is C21H20N4O. The first kappa shape index (κ1) is 16.3. The lowest BCUT2D eigenvalue weighted by molar-refractivity contribution is 0.416. The number of para-hydroxylation sites is 1. The Bertz CT molecular complexity index is 1000. The number of aromatic nitrogens is 2. The normalized spacial score (nSPS) is 13.4. The van der Waals surface area contributed by atoms with Crippen LogP contribution in [0.1, 0.15) is 25.5 Å². The molecule has 0 radical (unpaired) electrons. The lowest BCUT2D eigenvalue weighted by Gasteiger charge is -2.24. The quantitative estimate of drug-likeness (QED) is 0.695. The minimum Gasteiger partial charge on any atom is -0.496 e. The molecule has 1 saturated carbocycles. The molecule has 0 amide bonds. The summed E-state index contributed by atoms with van der Waals surface area (Å²) in [6.07, 6.45) is 2.34. The van der Waals surface area contributed by atoms with Crippen molar-refractivity contribution in [3.8, 4) is 22.9 Å². The summed E-state index contributed by atoms with van der Waals surface area (Å²) < 4.78 is 5.48. The highest BCUT2D eigenvalue weighted by Crippen LogP contribution is 2.38. The lowest BCUT2D eigenvalue weighted by Crippen LogP contribution is -2.26. The van der Waals surface area contributed by atoms with Crippen molar-refractivity contribution < 1.29 is 4.74 Å². The summed E-state index contributed by atoms with van der Waals surface area (Å²) in [5.74, 6) is 0.821. The number of nitrogens with zero attached hydrogens (tertiary/aromatic N) is 4. The first-order valence-electron chi connectivity index (χ1n) is 8.87. The smallest absolute Gasteiger partial charge is 0.187 e. The zero-order valence-corrected chi connectivity index (χ0v) is 14.9. The Labute approximate surface area is 152 Å². The van der Waals surface area contributed by atoms with Crippen LogP contribution in [0.5, 0.6) is 5.75 Å². The zero-order chi connectivity index (χ0) is 18.1. The number of nitriles is 1. The van der Waals surface area contributed by atoms with Crippen molar-refractivity contribution in [2.45, 2.75) is 25.8 Å². The van der Waals surface area contributed by atoms with Gasteiger partial charge in [-0.15, -0.1) is 10.2 Å². The number of rotatable bonds is 5. The molecule has 0 saturated heterocycles. The molecule has 2 aromatic carbocycles. The van der Waals surface area contributed by atoms with Gasteiger partial charge in [0.05, 0.1) is 18.3 Å². The molecule has 1 aromatic heterocycles. The Morgan fingerprint density at radius 3 is 2.69 bits per heavy atom. The highest BCUT2D eigenvalue weighted by Gasteiger charge is 2.31. The SMILES string of the molecule is CCN(c1c(C#N)nnc2cc(-c3ccccc3OC)ccc12)C1CC1. The van der Waals surface area contributed by atoms with Crippen LogP contribution in [0.3, 0.4) is 0 Å². The topological polar surface area (TPSA) is 62.0 Å². The number of methoxy groups -OCH3 is 1. The van der Waals surface area contributed by atoms with Gasteiger partial charge in [-0.3, -0.25) is 0 Å². The second-order valence-electron chi connectivity index (χ2n) is 6.46. The summed E-state index contributed by atoms with van der Waals surface area (Å²) in [7, 11) is 1.67. The van der Waals surface area contributed by atoms with Crippen LogP contribution >= 0.6 is 0 Å². The van der Waals surface area contributed by atoms with E-state index in [-0.39, 0.29) is 0 Å².